The van der Waals surface area contributed by atoms with Gasteiger partial charge in [-0.2, -0.15) is 0 Å². The van der Waals surface area contributed by atoms with Gasteiger partial charge in [-0.1, -0.05) is 11.6 Å². The van der Waals surface area contributed by atoms with Crippen molar-refractivity contribution in [3.05, 3.63) is 51.7 Å². The third-order valence-corrected chi connectivity index (χ3v) is 3.73. The van der Waals surface area contributed by atoms with E-state index in [-0.39, 0.29) is 5.56 Å². The molecule has 5 heteroatoms. The van der Waals surface area contributed by atoms with Gasteiger partial charge in [-0.15, -0.1) is 0 Å². The summed E-state index contributed by atoms with van der Waals surface area (Å²) in [7, 11) is 0. The summed E-state index contributed by atoms with van der Waals surface area (Å²) in [6.45, 7) is 3.87. The highest BCUT2D eigenvalue weighted by Gasteiger charge is 2.16. The zero-order valence-corrected chi connectivity index (χ0v) is 13.1. The van der Waals surface area contributed by atoms with E-state index >= 15 is 0 Å². The Morgan fingerprint density at radius 1 is 1.24 bits per heavy atom. The number of furan rings is 1. The van der Waals surface area contributed by atoms with Crippen LogP contribution in [0.1, 0.15) is 21.5 Å². The summed E-state index contributed by atoms with van der Waals surface area (Å²) in [5.41, 5.74) is 3.38. The van der Waals surface area contributed by atoms with E-state index in [2.05, 4.69) is 20.9 Å². The molecule has 0 radical (unpaired) electrons. The monoisotopic (exact) mass is 345 g/mol. The fourth-order valence-electron chi connectivity index (χ4n) is 2.44. The summed E-state index contributed by atoms with van der Waals surface area (Å²) in [4.78, 5) is 16.1. The molecule has 0 saturated carbocycles. The Hall–Kier alpha value is -2.14. The minimum absolute atomic E-state index is 0.231. The van der Waals surface area contributed by atoms with Crippen LogP contribution >= 0.6 is 15.9 Å². The third kappa shape index (κ3) is 2.45. The first-order valence-electron chi connectivity index (χ1n) is 6.36. The molecular weight excluding hydrogens is 334 g/mol. The van der Waals surface area contributed by atoms with Crippen LogP contribution in [0.2, 0.25) is 0 Å². The molecule has 0 unspecified atom stereocenters. The second kappa shape index (κ2) is 5.00. The molecule has 0 atom stereocenters. The van der Waals surface area contributed by atoms with Crippen LogP contribution < -0.4 is 0 Å². The number of hydrogen-bond donors (Lipinski definition) is 1. The number of pyridine rings is 1. The molecule has 0 spiro atoms. The topological polar surface area (TPSA) is 63.3 Å². The van der Waals surface area contributed by atoms with Crippen molar-refractivity contribution in [2.45, 2.75) is 13.8 Å². The number of aromatic nitrogens is 1. The van der Waals surface area contributed by atoms with Crippen molar-refractivity contribution in [2.24, 2.45) is 0 Å². The maximum Gasteiger partial charge on any atom is 0.336 e. The van der Waals surface area contributed by atoms with Gasteiger partial charge in [-0.3, -0.25) is 0 Å². The Morgan fingerprint density at radius 3 is 2.62 bits per heavy atom. The molecule has 0 aliphatic heterocycles. The smallest absolute Gasteiger partial charge is 0.336 e. The number of nitrogens with zero attached hydrogens (tertiary/aromatic N) is 1. The molecule has 2 heterocycles. The lowest BCUT2D eigenvalue weighted by Crippen LogP contribution is -2.01. The average molecular weight is 346 g/mol. The third-order valence-electron chi connectivity index (χ3n) is 3.30. The average Bonchev–Trinajstić information content (AvgIpc) is 2.84. The van der Waals surface area contributed by atoms with Crippen LogP contribution in [0.5, 0.6) is 0 Å². The fraction of sp³-hybridized carbons (Fsp3) is 0.125. The van der Waals surface area contributed by atoms with Crippen molar-refractivity contribution in [1.29, 1.82) is 0 Å². The van der Waals surface area contributed by atoms with Crippen LogP contribution in [-0.4, -0.2) is 16.1 Å². The number of carboxylic acid groups (broad SMARTS) is 1. The maximum atomic E-state index is 11.6. The van der Waals surface area contributed by atoms with Crippen molar-refractivity contribution >= 4 is 32.8 Å². The second-order valence-corrected chi connectivity index (χ2v) is 5.72. The van der Waals surface area contributed by atoms with Gasteiger partial charge >= 0.3 is 5.97 Å². The molecule has 1 aromatic carbocycles. The highest BCUT2D eigenvalue weighted by atomic mass is 79.9. The van der Waals surface area contributed by atoms with E-state index in [1.165, 1.54) is 0 Å². The second-order valence-electron chi connectivity index (χ2n) is 4.94. The molecule has 0 aliphatic rings. The predicted octanol–water partition coefficient (Wildman–Crippen LogP) is 4.57. The van der Waals surface area contributed by atoms with Crippen molar-refractivity contribution < 1.29 is 14.3 Å². The lowest BCUT2D eigenvalue weighted by atomic mass is 10.0. The number of aromatic carboxylic acids is 1. The van der Waals surface area contributed by atoms with E-state index in [9.17, 15) is 9.90 Å². The molecule has 3 aromatic rings. The molecule has 0 amide bonds. The van der Waals surface area contributed by atoms with E-state index in [1.54, 1.807) is 18.2 Å². The minimum atomic E-state index is -0.973. The predicted molar refractivity (Wildman–Crippen MR) is 83.6 cm³/mol. The first-order chi connectivity index (χ1) is 9.95. The lowest BCUT2D eigenvalue weighted by molar-refractivity contribution is 0.0699. The number of carboxylic acids is 1. The number of hydrogen-bond acceptors (Lipinski definition) is 3. The number of benzene rings is 1. The highest BCUT2D eigenvalue weighted by Crippen LogP contribution is 2.29. The summed E-state index contributed by atoms with van der Waals surface area (Å²) in [6.07, 6.45) is 0. The van der Waals surface area contributed by atoms with Crippen LogP contribution in [0, 0.1) is 13.8 Å². The summed E-state index contributed by atoms with van der Waals surface area (Å²) in [5, 5.41) is 10.1. The largest absolute Gasteiger partial charge is 0.478 e. The van der Waals surface area contributed by atoms with Gasteiger partial charge in [0.15, 0.2) is 10.4 Å². The van der Waals surface area contributed by atoms with Gasteiger partial charge in [-0.25, -0.2) is 9.78 Å². The maximum absolute atomic E-state index is 11.6. The summed E-state index contributed by atoms with van der Waals surface area (Å²) >= 11 is 3.24. The zero-order chi connectivity index (χ0) is 15.1. The molecule has 4 nitrogen and oxygen atoms in total. The Bertz CT molecular complexity index is 867. The van der Waals surface area contributed by atoms with Gasteiger partial charge in [-0.05, 0) is 59.6 Å². The van der Waals surface area contributed by atoms with Crippen LogP contribution in [0.15, 0.2) is 39.4 Å². The standard InChI is InChI=1S/C16H12BrNO3/c1-8-5-9(2)15-10(6-8)11(16(19)20)7-12(18-15)13-3-4-14(17)21-13/h3-7H,1-2H3,(H,19,20). The number of fused-ring (bicyclic) bond motifs is 1. The molecule has 0 aliphatic carbocycles. The molecule has 106 valence electrons. The fourth-order valence-corrected chi connectivity index (χ4v) is 2.74. The Kier molecular flexibility index (Phi) is 3.29. The van der Waals surface area contributed by atoms with Gasteiger partial charge in [0.25, 0.3) is 0 Å². The number of aryl methyl sites for hydroxylation is 2. The molecular formula is C16H12BrNO3. The first kappa shape index (κ1) is 13.8. The number of carbonyl (C=O) groups is 1. The normalized spacial score (nSPS) is 11.0. The van der Waals surface area contributed by atoms with Gasteiger partial charge in [0.2, 0.25) is 0 Å². The van der Waals surface area contributed by atoms with Gasteiger partial charge in [0, 0.05) is 5.39 Å². The van der Waals surface area contributed by atoms with E-state index in [1.807, 2.05) is 26.0 Å². The molecule has 3 rings (SSSR count). The van der Waals surface area contributed by atoms with Crippen LogP contribution in [0.25, 0.3) is 22.4 Å². The molecule has 21 heavy (non-hydrogen) atoms. The summed E-state index contributed by atoms with van der Waals surface area (Å²) < 4.78 is 6.06. The van der Waals surface area contributed by atoms with E-state index in [0.717, 1.165) is 11.1 Å². The highest BCUT2D eigenvalue weighted by molar-refractivity contribution is 9.10. The SMILES string of the molecule is Cc1cc(C)c2nc(-c3ccc(Br)o3)cc(C(=O)O)c2c1. The quantitative estimate of drug-likeness (QED) is 0.738. The Labute approximate surface area is 129 Å². The summed E-state index contributed by atoms with van der Waals surface area (Å²) in [6, 6.07) is 8.90. The van der Waals surface area contributed by atoms with E-state index in [4.69, 9.17) is 4.42 Å². The number of rotatable bonds is 2. The molecule has 0 bridgehead atoms. The van der Waals surface area contributed by atoms with Crippen molar-refractivity contribution in [2.75, 3.05) is 0 Å². The van der Waals surface area contributed by atoms with Crippen molar-refractivity contribution in [3.63, 3.8) is 0 Å². The van der Waals surface area contributed by atoms with Gasteiger partial charge < -0.3 is 9.52 Å². The molecule has 1 N–H and O–H groups in total. The van der Waals surface area contributed by atoms with Crippen molar-refractivity contribution in [3.8, 4) is 11.5 Å². The van der Waals surface area contributed by atoms with Crippen LogP contribution in [0.4, 0.5) is 0 Å². The minimum Gasteiger partial charge on any atom is -0.478 e. The van der Waals surface area contributed by atoms with Crippen LogP contribution in [0.3, 0.4) is 0 Å². The van der Waals surface area contributed by atoms with E-state index in [0.29, 0.717) is 27.0 Å². The van der Waals surface area contributed by atoms with Gasteiger partial charge in [0.1, 0.15) is 5.69 Å². The number of halogens is 1. The lowest BCUT2D eigenvalue weighted by Gasteiger charge is -2.09. The van der Waals surface area contributed by atoms with E-state index < -0.39 is 5.97 Å². The molecule has 0 saturated heterocycles. The first-order valence-corrected chi connectivity index (χ1v) is 7.16. The Morgan fingerprint density at radius 2 is 2.00 bits per heavy atom. The van der Waals surface area contributed by atoms with Crippen molar-refractivity contribution in [1.82, 2.24) is 4.98 Å². The van der Waals surface area contributed by atoms with Crippen LogP contribution in [-0.2, 0) is 0 Å². The molecule has 0 fully saturated rings. The van der Waals surface area contributed by atoms with Gasteiger partial charge in [0.05, 0.1) is 11.1 Å². The zero-order valence-electron chi connectivity index (χ0n) is 11.5. The summed E-state index contributed by atoms with van der Waals surface area (Å²) in [5.74, 6) is -0.439. The Balaban J connectivity index is 2.37. The molecule has 2 aromatic heterocycles.